The van der Waals surface area contributed by atoms with Gasteiger partial charge in [-0.2, -0.15) is 0 Å². The van der Waals surface area contributed by atoms with Gasteiger partial charge in [0.2, 0.25) is 0 Å². The van der Waals surface area contributed by atoms with E-state index in [-0.39, 0.29) is 34.6 Å². The summed E-state index contributed by atoms with van der Waals surface area (Å²) in [6.45, 7) is 15.4. The van der Waals surface area contributed by atoms with Crippen molar-refractivity contribution >= 4 is 11.8 Å². The SMILES string of the molecule is CC[C@]1(C)CCC[C@]2(C)[C@@H]3CC(=O)[C@@]4(C)[C@H](C[C@H](OC(C)=O)[C@@H]5[C@@H]4CO[C@@]5(C)O)[C@]3(C)CC[C@H]12. The van der Waals surface area contributed by atoms with Crippen LogP contribution in [0.5, 0.6) is 0 Å². The van der Waals surface area contributed by atoms with Crippen LogP contribution in [0.25, 0.3) is 0 Å². The number of carbonyl (C=O) groups excluding carboxylic acids is 2. The second-order valence-corrected chi connectivity index (χ2v) is 13.9. The minimum atomic E-state index is -1.38. The minimum Gasteiger partial charge on any atom is -0.462 e. The molecule has 11 atom stereocenters. The highest BCUT2D eigenvalue weighted by Crippen LogP contribution is 2.74. The van der Waals surface area contributed by atoms with Crippen LogP contribution >= 0.6 is 0 Å². The number of fused-ring (bicyclic) bond motifs is 7. The summed E-state index contributed by atoms with van der Waals surface area (Å²) < 4.78 is 11.8. The van der Waals surface area contributed by atoms with Crippen LogP contribution in [0.1, 0.15) is 99.8 Å². The van der Waals surface area contributed by atoms with E-state index in [2.05, 4.69) is 34.6 Å². The van der Waals surface area contributed by atoms with Crippen LogP contribution in [0.15, 0.2) is 0 Å². The van der Waals surface area contributed by atoms with Gasteiger partial charge in [-0.05, 0) is 73.0 Å². The summed E-state index contributed by atoms with van der Waals surface area (Å²) in [5, 5.41) is 11.1. The lowest BCUT2D eigenvalue weighted by Gasteiger charge is -2.70. The third kappa shape index (κ3) is 3.04. The molecule has 5 fully saturated rings. The molecule has 0 aromatic rings. The molecular weight excluding hydrogens is 428 g/mol. The molecule has 0 spiro atoms. The Kier molecular flexibility index (Phi) is 5.48. The van der Waals surface area contributed by atoms with Gasteiger partial charge in [0.25, 0.3) is 0 Å². The van der Waals surface area contributed by atoms with E-state index in [1.165, 1.54) is 39.0 Å². The maximum absolute atomic E-state index is 14.2. The lowest BCUT2D eigenvalue weighted by molar-refractivity contribution is -0.241. The van der Waals surface area contributed by atoms with E-state index in [0.717, 1.165) is 6.42 Å². The van der Waals surface area contributed by atoms with Crippen LogP contribution in [0.2, 0.25) is 0 Å². The summed E-state index contributed by atoms with van der Waals surface area (Å²) in [6, 6.07) is 0. The molecule has 0 aromatic carbocycles. The van der Waals surface area contributed by atoms with Crippen LogP contribution in [0.4, 0.5) is 0 Å². The molecule has 0 amide bonds. The molecule has 1 heterocycles. The number of hydrogen-bond donors (Lipinski definition) is 1. The molecule has 5 aliphatic rings. The third-order valence-electron chi connectivity index (χ3n) is 12.5. The van der Waals surface area contributed by atoms with E-state index in [1.807, 2.05) is 0 Å². The zero-order valence-electron chi connectivity index (χ0n) is 22.4. The van der Waals surface area contributed by atoms with E-state index < -0.39 is 17.3 Å². The molecule has 0 radical (unpaired) electrons. The summed E-state index contributed by atoms with van der Waals surface area (Å²) in [6.07, 6.45) is 8.17. The first-order valence-electron chi connectivity index (χ1n) is 13.8. The zero-order valence-corrected chi connectivity index (χ0v) is 22.4. The van der Waals surface area contributed by atoms with Crippen LogP contribution in [-0.4, -0.2) is 35.4 Å². The van der Waals surface area contributed by atoms with Gasteiger partial charge in [-0.15, -0.1) is 0 Å². The minimum absolute atomic E-state index is 0.0116. The number of hydrogen-bond acceptors (Lipinski definition) is 5. The van der Waals surface area contributed by atoms with E-state index >= 15 is 0 Å². The molecule has 0 bridgehead atoms. The van der Waals surface area contributed by atoms with Gasteiger partial charge >= 0.3 is 5.97 Å². The van der Waals surface area contributed by atoms with E-state index in [1.54, 1.807) is 6.92 Å². The van der Waals surface area contributed by atoms with Crippen molar-refractivity contribution < 1.29 is 24.2 Å². The lowest BCUT2D eigenvalue weighted by Crippen LogP contribution is -2.68. The molecule has 5 nitrogen and oxygen atoms in total. The van der Waals surface area contributed by atoms with Crippen molar-refractivity contribution in [2.24, 2.45) is 51.2 Å². The van der Waals surface area contributed by atoms with Crippen LogP contribution in [-0.2, 0) is 19.1 Å². The number of ether oxygens (including phenoxy) is 2. The van der Waals surface area contributed by atoms with Crippen molar-refractivity contribution in [3.8, 4) is 0 Å². The largest absolute Gasteiger partial charge is 0.462 e. The number of Topliss-reactive ketones (excluding diaryl/α,β-unsaturated/α-hetero) is 1. The number of aliphatic hydroxyl groups is 1. The van der Waals surface area contributed by atoms with E-state index in [0.29, 0.717) is 42.5 Å². The Morgan fingerprint density at radius 2 is 1.74 bits per heavy atom. The van der Waals surface area contributed by atoms with Gasteiger partial charge in [0.05, 0.1) is 12.5 Å². The molecule has 1 saturated heterocycles. The summed E-state index contributed by atoms with van der Waals surface area (Å²) >= 11 is 0. The average molecular weight is 475 g/mol. The number of carbonyl (C=O) groups is 2. The van der Waals surface area contributed by atoms with Gasteiger partial charge < -0.3 is 14.6 Å². The van der Waals surface area contributed by atoms with Gasteiger partial charge in [0, 0.05) is 24.7 Å². The Balaban J connectivity index is 1.59. The molecule has 4 aliphatic carbocycles. The fourth-order valence-corrected chi connectivity index (χ4v) is 10.8. The Morgan fingerprint density at radius 3 is 2.38 bits per heavy atom. The van der Waals surface area contributed by atoms with Crippen LogP contribution < -0.4 is 0 Å². The van der Waals surface area contributed by atoms with Crippen LogP contribution in [0.3, 0.4) is 0 Å². The van der Waals surface area contributed by atoms with Crippen LogP contribution in [0, 0.1) is 51.2 Å². The molecule has 5 heteroatoms. The van der Waals surface area contributed by atoms with Crippen molar-refractivity contribution in [2.75, 3.05) is 6.61 Å². The normalized spacial score (nSPS) is 56.6. The highest BCUT2D eigenvalue weighted by Gasteiger charge is 2.73. The number of esters is 1. The maximum atomic E-state index is 14.2. The molecule has 5 rings (SSSR count). The van der Waals surface area contributed by atoms with Crippen molar-refractivity contribution in [2.45, 2.75) is 112 Å². The van der Waals surface area contributed by atoms with Gasteiger partial charge in [-0.3, -0.25) is 9.59 Å². The predicted molar refractivity (Wildman–Crippen MR) is 130 cm³/mol. The smallest absolute Gasteiger partial charge is 0.302 e. The lowest BCUT2D eigenvalue weighted by atomic mass is 9.34. The highest BCUT2D eigenvalue weighted by atomic mass is 16.6. The monoisotopic (exact) mass is 474 g/mol. The summed E-state index contributed by atoms with van der Waals surface area (Å²) in [7, 11) is 0. The quantitative estimate of drug-likeness (QED) is 0.533. The van der Waals surface area contributed by atoms with E-state index in [4.69, 9.17) is 9.47 Å². The second kappa shape index (κ2) is 7.54. The van der Waals surface area contributed by atoms with Gasteiger partial charge in [-0.1, -0.05) is 47.5 Å². The third-order valence-corrected chi connectivity index (χ3v) is 12.5. The Hall–Kier alpha value is -0.940. The summed E-state index contributed by atoms with van der Waals surface area (Å²) in [4.78, 5) is 26.3. The Bertz CT molecular complexity index is 882. The standard InChI is InChI=1S/C29H46O5/c1-8-25(3)11-9-12-26(4)20(25)10-13-27(5)21(26)15-23(31)28(6)18-16-33-29(7,32)24(18)19(14-22(27)28)34-17(2)30/h18-22,24,32H,8-16H2,1-7H3/t18-,19-,20+,21-,22+,24-,25+,26-,27+,28+,29+/m0/s1. The molecule has 0 unspecified atom stereocenters. The maximum Gasteiger partial charge on any atom is 0.302 e. The fourth-order valence-electron chi connectivity index (χ4n) is 10.8. The molecule has 1 N–H and O–H groups in total. The Morgan fingerprint density at radius 1 is 1.06 bits per heavy atom. The topological polar surface area (TPSA) is 72.8 Å². The molecule has 1 aliphatic heterocycles. The summed E-state index contributed by atoms with van der Waals surface area (Å²) in [5.41, 5.74) is -0.0246. The van der Waals surface area contributed by atoms with Gasteiger partial charge in [0.1, 0.15) is 11.9 Å². The van der Waals surface area contributed by atoms with Gasteiger partial charge in [0.15, 0.2) is 5.79 Å². The fraction of sp³-hybridized carbons (Fsp3) is 0.931. The van der Waals surface area contributed by atoms with Gasteiger partial charge in [-0.25, -0.2) is 0 Å². The molecule has 34 heavy (non-hydrogen) atoms. The van der Waals surface area contributed by atoms with Crippen molar-refractivity contribution in [3.63, 3.8) is 0 Å². The highest BCUT2D eigenvalue weighted by molar-refractivity contribution is 5.87. The number of rotatable bonds is 2. The van der Waals surface area contributed by atoms with Crippen molar-refractivity contribution in [1.82, 2.24) is 0 Å². The molecule has 4 saturated carbocycles. The number of ketones is 1. The van der Waals surface area contributed by atoms with E-state index in [9.17, 15) is 14.7 Å². The first-order valence-corrected chi connectivity index (χ1v) is 13.8. The first-order chi connectivity index (χ1) is 15.7. The van der Waals surface area contributed by atoms with Crippen molar-refractivity contribution in [1.29, 1.82) is 0 Å². The Labute approximate surface area is 205 Å². The second-order valence-electron chi connectivity index (χ2n) is 13.9. The summed E-state index contributed by atoms with van der Waals surface area (Å²) in [5.74, 6) is -0.712. The van der Waals surface area contributed by atoms with Crippen molar-refractivity contribution in [3.05, 3.63) is 0 Å². The molecule has 192 valence electrons. The predicted octanol–water partition coefficient (Wildman–Crippen LogP) is 5.53. The average Bonchev–Trinajstić information content (AvgIpc) is 3.07. The molecule has 0 aromatic heterocycles. The zero-order chi connectivity index (χ0) is 24.9. The molecular formula is C29H46O5. The first kappa shape index (κ1) is 24.7.